The van der Waals surface area contributed by atoms with E-state index in [0.717, 1.165) is 4.88 Å². The molecule has 0 aromatic carbocycles. The van der Waals surface area contributed by atoms with Gasteiger partial charge in [0.2, 0.25) is 10.0 Å². The average Bonchev–Trinajstić information content (AvgIpc) is 2.94. The summed E-state index contributed by atoms with van der Waals surface area (Å²) in [5, 5.41) is 11.4. The number of rotatable bonds is 7. The van der Waals surface area contributed by atoms with E-state index in [0.29, 0.717) is 23.3 Å². The van der Waals surface area contributed by atoms with E-state index in [4.69, 9.17) is 0 Å². The van der Waals surface area contributed by atoms with Crippen LogP contribution in [0, 0.1) is 0 Å². The Morgan fingerprint density at radius 1 is 1.40 bits per heavy atom. The molecule has 3 N–H and O–H groups in total. The zero-order valence-corrected chi connectivity index (χ0v) is 12.3. The lowest BCUT2D eigenvalue weighted by Gasteiger charge is -2.07. The van der Waals surface area contributed by atoms with Gasteiger partial charge in [-0.15, -0.1) is 11.3 Å². The number of aromatic nitrogens is 3. The summed E-state index contributed by atoms with van der Waals surface area (Å²) in [4.78, 5) is 5.07. The second kappa shape index (κ2) is 5.60. The summed E-state index contributed by atoms with van der Waals surface area (Å²) in [6.45, 7) is 0.703. The second-order valence-electron chi connectivity index (χ2n) is 4.62. The van der Waals surface area contributed by atoms with Gasteiger partial charge in [0, 0.05) is 17.5 Å². The minimum absolute atomic E-state index is 0.105. The first-order valence-corrected chi connectivity index (χ1v) is 8.65. The Bertz CT molecular complexity index is 661. The maximum Gasteiger partial charge on any atom is 0.242 e. The van der Waals surface area contributed by atoms with Crippen molar-refractivity contribution in [2.24, 2.45) is 0 Å². The first kappa shape index (κ1) is 13.7. The highest BCUT2D eigenvalue weighted by molar-refractivity contribution is 7.89. The lowest BCUT2D eigenvalue weighted by molar-refractivity contribution is 0.577. The number of nitrogens with zero attached hydrogens (tertiary/aromatic N) is 2. The van der Waals surface area contributed by atoms with Gasteiger partial charge in [-0.2, -0.15) is 5.10 Å². The van der Waals surface area contributed by atoms with Crippen LogP contribution in [0.2, 0.25) is 0 Å². The van der Waals surface area contributed by atoms with E-state index in [1.807, 2.05) is 0 Å². The zero-order chi connectivity index (χ0) is 14.0. The molecule has 1 aliphatic carbocycles. The molecule has 2 aromatic rings. The van der Waals surface area contributed by atoms with E-state index in [2.05, 4.69) is 25.2 Å². The van der Waals surface area contributed by atoms with Crippen LogP contribution in [0.5, 0.6) is 0 Å². The Morgan fingerprint density at radius 2 is 2.25 bits per heavy atom. The number of H-pyrrole nitrogens is 1. The molecular weight excluding hydrogens is 298 g/mol. The van der Waals surface area contributed by atoms with Crippen LogP contribution in [0.1, 0.15) is 23.5 Å². The molecule has 0 spiro atoms. The van der Waals surface area contributed by atoms with Crippen molar-refractivity contribution in [1.82, 2.24) is 25.2 Å². The molecule has 0 saturated heterocycles. The molecule has 9 heteroatoms. The van der Waals surface area contributed by atoms with Crippen molar-refractivity contribution >= 4 is 21.4 Å². The molecule has 0 atom stereocenters. The predicted molar refractivity (Wildman–Crippen MR) is 74.6 cm³/mol. The Morgan fingerprint density at radius 3 is 2.95 bits per heavy atom. The lowest BCUT2D eigenvalue weighted by atomic mass is 10.4. The van der Waals surface area contributed by atoms with Gasteiger partial charge in [-0.05, 0) is 24.3 Å². The number of hydrogen-bond donors (Lipinski definition) is 3. The van der Waals surface area contributed by atoms with Crippen LogP contribution in [-0.2, 0) is 23.1 Å². The molecule has 108 valence electrons. The fourth-order valence-electron chi connectivity index (χ4n) is 1.78. The van der Waals surface area contributed by atoms with E-state index in [1.165, 1.54) is 30.5 Å². The van der Waals surface area contributed by atoms with E-state index in [1.54, 1.807) is 11.4 Å². The molecule has 7 nitrogen and oxygen atoms in total. The van der Waals surface area contributed by atoms with Crippen molar-refractivity contribution in [2.45, 2.75) is 36.9 Å². The number of hydrogen-bond acceptors (Lipinski definition) is 6. The smallest absolute Gasteiger partial charge is 0.242 e. The summed E-state index contributed by atoms with van der Waals surface area (Å²) in [5.41, 5.74) is 0. The highest BCUT2D eigenvalue weighted by atomic mass is 32.2. The van der Waals surface area contributed by atoms with Gasteiger partial charge in [0.15, 0.2) is 0 Å². The highest BCUT2D eigenvalue weighted by Gasteiger charge is 2.23. The lowest BCUT2D eigenvalue weighted by Crippen LogP contribution is -2.25. The molecule has 0 aliphatic heterocycles. The number of aromatic amines is 1. The van der Waals surface area contributed by atoms with Crippen LogP contribution < -0.4 is 10.0 Å². The topological polar surface area (TPSA) is 99.8 Å². The van der Waals surface area contributed by atoms with Crippen LogP contribution in [0.15, 0.2) is 22.7 Å². The molecule has 0 amide bonds. The van der Waals surface area contributed by atoms with Gasteiger partial charge in [0.25, 0.3) is 0 Å². The van der Waals surface area contributed by atoms with Crippen molar-refractivity contribution in [3.63, 3.8) is 0 Å². The average molecular weight is 313 g/mol. The molecule has 0 bridgehead atoms. The van der Waals surface area contributed by atoms with Gasteiger partial charge in [0.05, 0.1) is 11.4 Å². The summed E-state index contributed by atoms with van der Waals surface area (Å²) >= 11 is 1.45. The zero-order valence-electron chi connectivity index (χ0n) is 10.7. The monoisotopic (exact) mass is 313 g/mol. The van der Waals surface area contributed by atoms with E-state index in [9.17, 15) is 8.42 Å². The van der Waals surface area contributed by atoms with Gasteiger partial charge in [-0.25, -0.2) is 18.1 Å². The van der Waals surface area contributed by atoms with Crippen LogP contribution in [0.4, 0.5) is 0 Å². The highest BCUT2D eigenvalue weighted by Crippen LogP contribution is 2.24. The van der Waals surface area contributed by atoms with Crippen LogP contribution in [0.25, 0.3) is 0 Å². The molecule has 1 saturated carbocycles. The fraction of sp³-hybridized carbons (Fsp3) is 0.455. The quantitative estimate of drug-likeness (QED) is 0.695. The van der Waals surface area contributed by atoms with Gasteiger partial charge < -0.3 is 5.32 Å². The minimum atomic E-state index is -3.52. The van der Waals surface area contributed by atoms with Crippen molar-refractivity contribution in [1.29, 1.82) is 0 Å². The Balaban J connectivity index is 1.68. The Hall–Kier alpha value is -1.29. The number of nitrogens with one attached hydrogen (secondary N) is 3. The van der Waals surface area contributed by atoms with E-state index >= 15 is 0 Å². The Kier molecular flexibility index (Phi) is 3.83. The summed E-state index contributed by atoms with van der Waals surface area (Å²) < 4.78 is 27.1. The third-order valence-electron chi connectivity index (χ3n) is 3.02. The summed E-state index contributed by atoms with van der Waals surface area (Å²) in [6.07, 6.45) is 3.70. The fourth-order valence-corrected chi connectivity index (χ4v) is 4.16. The van der Waals surface area contributed by atoms with Gasteiger partial charge in [0.1, 0.15) is 12.2 Å². The normalized spacial score (nSPS) is 15.6. The van der Waals surface area contributed by atoms with E-state index in [-0.39, 0.29) is 6.54 Å². The van der Waals surface area contributed by atoms with Gasteiger partial charge in [-0.1, -0.05) is 0 Å². The Labute approximate surface area is 120 Å². The molecule has 0 radical (unpaired) electrons. The first-order valence-electron chi connectivity index (χ1n) is 6.29. The molecule has 20 heavy (non-hydrogen) atoms. The summed E-state index contributed by atoms with van der Waals surface area (Å²) in [7, 11) is -3.52. The molecule has 0 unspecified atom stereocenters. The van der Waals surface area contributed by atoms with Crippen LogP contribution in [0.3, 0.4) is 0 Å². The molecule has 2 aromatic heterocycles. The molecular formula is C11H15N5O2S2. The van der Waals surface area contributed by atoms with Crippen molar-refractivity contribution in [3.8, 4) is 0 Å². The van der Waals surface area contributed by atoms with Crippen molar-refractivity contribution < 1.29 is 8.42 Å². The van der Waals surface area contributed by atoms with Crippen molar-refractivity contribution in [2.75, 3.05) is 0 Å². The number of sulfonamides is 1. The third kappa shape index (κ3) is 3.23. The van der Waals surface area contributed by atoms with Gasteiger partial charge in [-0.3, -0.25) is 5.10 Å². The molecule has 3 rings (SSSR count). The maximum absolute atomic E-state index is 12.3. The summed E-state index contributed by atoms with van der Waals surface area (Å²) in [6, 6.07) is 2.19. The maximum atomic E-state index is 12.3. The van der Waals surface area contributed by atoms with Gasteiger partial charge >= 0.3 is 0 Å². The van der Waals surface area contributed by atoms with Crippen molar-refractivity contribution in [3.05, 3.63) is 28.5 Å². The largest absolute Gasteiger partial charge is 0.309 e. The first-order chi connectivity index (χ1) is 9.65. The number of thiophene rings is 1. The second-order valence-corrected chi connectivity index (χ2v) is 7.36. The standard InChI is InChI=1S/C11H15N5O2S2/c17-20(18,15-6-11-13-7-14-16-11)10-3-4-19-9(10)5-12-8-1-2-8/h3-4,7-8,12,15H,1-2,5-6H2,(H,13,14,16). The molecule has 1 aliphatic rings. The predicted octanol–water partition coefficient (Wildman–Crippen LogP) is 0.597. The molecule has 2 heterocycles. The molecule has 1 fully saturated rings. The third-order valence-corrected chi connectivity index (χ3v) is 5.55. The summed E-state index contributed by atoms with van der Waals surface area (Å²) in [5.74, 6) is 0.487. The SMILES string of the molecule is O=S(=O)(NCc1ncn[nH]1)c1ccsc1CNC1CC1. The minimum Gasteiger partial charge on any atom is -0.309 e. The van der Waals surface area contributed by atoms with E-state index < -0.39 is 10.0 Å². The van der Waals surface area contributed by atoms with Crippen LogP contribution in [-0.4, -0.2) is 29.6 Å². The van der Waals surface area contributed by atoms with Crippen LogP contribution >= 0.6 is 11.3 Å².